The fraction of sp³-hybridized carbons (Fsp3) is 0.214. The van der Waals surface area contributed by atoms with E-state index in [1.165, 1.54) is 17.5 Å². The van der Waals surface area contributed by atoms with Gasteiger partial charge < -0.3 is 9.47 Å². The third-order valence-electron chi connectivity index (χ3n) is 3.24. The van der Waals surface area contributed by atoms with Crippen LogP contribution in [0.15, 0.2) is 24.5 Å². The first-order chi connectivity index (χ1) is 10.7. The number of rotatable bonds is 2. The molecular weight excluding hydrogens is 304 g/mol. The fourth-order valence-electron chi connectivity index (χ4n) is 2.23. The van der Waals surface area contributed by atoms with Gasteiger partial charge in [0.2, 0.25) is 0 Å². The molecule has 8 heteroatoms. The summed E-state index contributed by atoms with van der Waals surface area (Å²) in [6, 6.07) is 3.72. The molecule has 0 saturated carbocycles. The van der Waals surface area contributed by atoms with Gasteiger partial charge in [-0.15, -0.1) is 0 Å². The van der Waals surface area contributed by atoms with Crippen LogP contribution in [0.2, 0.25) is 0 Å². The number of hydrogen-bond donors (Lipinski definition) is 1. The molecule has 3 aromatic rings. The molecular formula is C14H12N4O3S. The topological polar surface area (TPSA) is 78.3 Å². The van der Waals surface area contributed by atoms with Gasteiger partial charge in [-0.25, -0.2) is 4.98 Å². The van der Waals surface area contributed by atoms with Crippen molar-refractivity contribution in [1.82, 2.24) is 14.8 Å². The van der Waals surface area contributed by atoms with Crippen LogP contribution in [0, 0.1) is 0 Å². The number of aromatic nitrogens is 3. The molecule has 0 aliphatic carbocycles. The number of nitrogens with one attached hydrogen (secondary N) is 1. The maximum Gasteiger partial charge on any atom is 0.260 e. The summed E-state index contributed by atoms with van der Waals surface area (Å²) < 4.78 is 13.6. The van der Waals surface area contributed by atoms with Crippen LogP contribution < -0.4 is 14.8 Å². The number of carbonyl (C=O) groups excluding carboxylic acids is 1. The van der Waals surface area contributed by atoms with Crippen molar-refractivity contribution in [3.05, 3.63) is 30.1 Å². The van der Waals surface area contributed by atoms with E-state index in [4.69, 9.17) is 9.47 Å². The van der Waals surface area contributed by atoms with E-state index in [1.807, 2.05) is 12.1 Å². The Morgan fingerprint density at radius 1 is 1.32 bits per heavy atom. The smallest absolute Gasteiger partial charge is 0.260 e. The van der Waals surface area contributed by atoms with Gasteiger partial charge in [0.25, 0.3) is 5.91 Å². The second-order valence-corrected chi connectivity index (χ2v) is 5.87. The molecule has 0 fully saturated rings. The number of benzene rings is 1. The van der Waals surface area contributed by atoms with Crippen LogP contribution in [0.3, 0.4) is 0 Å². The maximum absolute atomic E-state index is 12.1. The summed E-state index contributed by atoms with van der Waals surface area (Å²) in [4.78, 5) is 16.5. The molecule has 0 bridgehead atoms. The Bertz CT molecular complexity index is 827. The Labute approximate surface area is 129 Å². The minimum absolute atomic E-state index is 0.232. The highest BCUT2D eigenvalue weighted by atomic mass is 32.1. The number of hydrogen-bond acceptors (Lipinski definition) is 6. The predicted octanol–water partition coefficient (Wildman–Crippen LogP) is 2.05. The lowest BCUT2D eigenvalue weighted by Gasteiger charge is -2.17. The standard InChI is InChI=1S/C14H12N4O3S/c1-18-7-8(6-15-18)13(19)17-14-16-9-4-10-11(5-12(9)22-14)21-3-2-20-10/h4-7H,2-3H2,1H3,(H,16,17,19). The van der Waals surface area contributed by atoms with Gasteiger partial charge in [-0.1, -0.05) is 11.3 Å². The number of nitrogens with zero attached hydrogens (tertiary/aromatic N) is 3. The average molecular weight is 316 g/mol. The Morgan fingerprint density at radius 3 is 2.82 bits per heavy atom. The number of anilines is 1. The highest BCUT2D eigenvalue weighted by Gasteiger charge is 2.16. The lowest BCUT2D eigenvalue weighted by Crippen LogP contribution is -2.15. The molecule has 1 N–H and O–H groups in total. The van der Waals surface area contributed by atoms with Crippen LogP contribution >= 0.6 is 11.3 Å². The molecule has 112 valence electrons. The summed E-state index contributed by atoms with van der Waals surface area (Å²) in [6.45, 7) is 1.08. The zero-order chi connectivity index (χ0) is 15.1. The summed E-state index contributed by atoms with van der Waals surface area (Å²) in [7, 11) is 1.76. The van der Waals surface area contributed by atoms with E-state index in [-0.39, 0.29) is 5.91 Å². The third-order valence-corrected chi connectivity index (χ3v) is 4.17. The lowest BCUT2D eigenvalue weighted by molar-refractivity contribution is 0.102. The van der Waals surface area contributed by atoms with Crippen molar-refractivity contribution in [3.8, 4) is 11.5 Å². The summed E-state index contributed by atoms with van der Waals surface area (Å²) in [5.74, 6) is 1.17. The SMILES string of the molecule is Cn1cc(C(=O)Nc2nc3cc4c(cc3s2)OCCO4)cn1. The minimum atomic E-state index is -0.232. The normalized spacial score (nSPS) is 13.3. The molecule has 1 aliphatic rings. The van der Waals surface area contributed by atoms with Crippen molar-refractivity contribution in [3.63, 3.8) is 0 Å². The first-order valence-electron chi connectivity index (χ1n) is 6.69. The molecule has 1 aromatic carbocycles. The van der Waals surface area contributed by atoms with Crippen LogP contribution in [-0.4, -0.2) is 33.9 Å². The molecule has 7 nitrogen and oxygen atoms in total. The summed E-state index contributed by atoms with van der Waals surface area (Å²) in [5, 5.41) is 7.30. The van der Waals surface area contributed by atoms with Crippen LogP contribution in [0.4, 0.5) is 5.13 Å². The first-order valence-corrected chi connectivity index (χ1v) is 7.51. The van der Waals surface area contributed by atoms with Crippen molar-refractivity contribution >= 4 is 32.6 Å². The Morgan fingerprint density at radius 2 is 2.09 bits per heavy atom. The highest BCUT2D eigenvalue weighted by molar-refractivity contribution is 7.22. The van der Waals surface area contributed by atoms with Crippen molar-refractivity contribution in [2.24, 2.45) is 7.05 Å². The molecule has 0 spiro atoms. The van der Waals surface area contributed by atoms with Gasteiger partial charge >= 0.3 is 0 Å². The molecule has 0 unspecified atom stereocenters. The van der Waals surface area contributed by atoms with E-state index in [0.29, 0.717) is 35.4 Å². The van der Waals surface area contributed by atoms with Gasteiger partial charge in [0.15, 0.2) is 16.6 Å². The van der Waals surface area contributed by atoms with E-state index in [9.17, 15) is 4.79 Å². The zero-order valence-corrected chi connectivity index (χ0v) is 12.5. The predicted molar refractivity (Wildman–Crippen MR) is 81.8 cm³/mol. The number of carbonyl (C=O) groups is 1. The Kier molecular flexibility index (Phi) is 2.97. The first kappa shape index (κ1) is 13.1. The number of fused-ring (bicyclic) bond motifs is 2. The quantitative estimate of drug-likeness (QED) is 0.783. The third kappa shape index (κ3) is 2.27. The second-order valence-electron chi connectivity index (χ2n) is 4.84. The molecule has 1 aliphatic heterocycles. The van der Waals surface area contributed by atoms with Gasteiger partial charge in [0.1, 0.15) is 13.2 Å². The minimum Gasteiger partial charge on any atom is -0.486 e. The van der Waals surface area contributed by atoms with E-state index < -0.39 is 0 Å². The number of thiazole rings is 1. The van der Waals surface area contributed by atoms with E-state index in [0.717, 1.165) is 10.2 Å². The highest BCUT2D eigenvalue weighted by Crippen LogP contribution is 2.37. The summed E-state index contributed by atoms with van der Waals surface area (Å²) in [6.07, 6.45) is 3.17. The van der Waals surface area contributed by atoms with E-state index >= 15 is 0 Å². The average Bonchev–Trinajstić information content (AvgIpc) is 3.10. The zero-order valence-electron chi connectivity index (χ0n) is 11.7. The largest absolute Gasteiger partial charge is 0.486 e. The fourth-order valence-corrected chi connectivity index (χ4v) is 3.10. The van der Waals surface area contributed by atoms with Gasteiger partial charge in [-0.2, -0.15) is 5.10 Å². The van der Waals surface area contributed by atoms with E-state index in [1.54, 1.807) is 17.9 Å². The van der Waals surface area contributed by atoms with Crippen LogP contribution in [-0.2, 0) is 7.05 Å². The van der Waals surface area contributed by atoms with Gasteiger partial charge in [0, 0.05) is 25.4 Å². The van der Waals surface area contributed by atoms with Gasteiger partial charge in [0.05, 0.1) is 22.0 Å². The number of amides is 1. The van der Waals surface area contributed by atoms with Crippen molar-refractivity contribution in [2.75, 3.05) is 18.5 Å². The number of aryl methyl sites for hydroxylation is 1. The van der Waals surface area contributed by atoms with E-state index in [2.05, 4.69) is 15.4 Å². The Hall–Kier alpha value is -2.61. The van der Waals surface area contributed by atoms with Crippen molar-refractivity contribution in [2.45, 2.75) is 0 Å². The van der Waals surface area contributed by atoms with Crippen LogP contribution in [0.25, 0.3) is 10.2 Å². The molecule has 0 saturated heterocycles. The number of ether oxygens (including phenoxy) is 2. The lowest BCUT2D eigenvalue weighted by atomic mass is 10.3. The summed E-state index contributed by atoms with van der Waals surface area (Å²) in [5.41, 5.74) is 1.27. The van der Waals surface area contributed by atoms with Gasteiger partial charge in [-0.05, 0) is 0 Å². The van der Waals surface area contributed by atoms with Gasteiger partial charge in [-0.3, -0.25) is 14.8 Å². The summed E-state index contributed by atoms with van der Waals surface area (Å²) >= 11 is 1.39. The molecule has 3 heterocycles. The molecule has 0 atom stereocenters. The molecule has 1 amide bonds. The Balaban J connectivity index is 1.63. The van der Waals surface area contributed by atoms with Crippen LogP contribution in [0.1, 0.15) is 10.4 Å². The molecule has 4 rings (SSSR count). The monoisotopic (exact) mass is 316 g/mol. The van der Waals surface area contributed by atoms with Crippen molar-refractivity contribution < 1.29 is 14.3 Å². The second kappa shape index (κ2) is 4.99. The maximum atomic E-state index is 12.1. The molecule has 22 heavy (non-hydrogen) atoms. The van der Waals surface area contributed by atoms with Crippen LogP contribution in [0.5, 0.6) is 11.5 Å². The van der Waals surface area contributed by atoms with Crippen molar-refractivity contribution in [1.29, 1.82) is 0 Å². The molecule has 0 radical (unpaired) electrons. The molecule has 2 aromatic heterocycles.